The van der Waals surface area contributed by atoms with Crippen LogP contribution in [0.25, 0.3) is 0 Å². The third-order valence-corrected chi connectivity index (χ3v) is 5.32. The van der Waals surface area contributed by atoms with E-state index in [-0.39, 0.29) is 18.2 Å². The standard InChI is InChI=1S/C14H21N3O4S/c1-21-13-4-2-3-12(11-13)14(18)16-7-10-22(19,20)17-8-5-15-6-9-17/h2-4,11,15H,5-10H2,1H3,(H,16,18). The molecule has 7 nitrogen and oxygen atoms in total. The highest BCUT2D eigenvalue weighted by Gasteiger charge is 2.23. The Bertz CT molecular complexity index is 612. The van der Waals surface area contributed by atoms with Crippen LogP contribution in [-0.2, 0) is 10.0 Å². The van der Waals surface area contributed by atoms with Gasteiger partial charge in [-0.15, -0.1) is 0 Å². The molecular formula is C14H21N3O4S. The molecule has 0 saturated carbocycles. The minimum Gasteiger partial charge on any atom is -0.497 e. The largest absolute Gasteiger partial charge is 0.497 e. The highest BCUT2D eigenvalue weighted by molar-refractivity contribution is 7.89. The summed E-state index contributed by atoms with van der Waals surface area (Å²) in [7, 11) is -1.80. The summed E-state index contributed by atoms with van der Waals surface area (Å²) in [5, 5.41) is 5.74. The number of rotatable bonds is 6. The van der Waals surface area contributed by atoms with Crippen LogP contribution in [0.3, 0.4) is 0 Å². The number of benzene rings is 1. The third-order valence-electron chi connectivity index (χ3n) is 3.45. The minimum atomic E-state index is -3.32. The van der Waals surface area contributed by atoms with Crippen molar-refractivity contribution in [2.24, 2.45) is 0 Å². The predicted octanol–water partition coefficient (Wildman–Crippen LogP) is -0.340. The second-order valence-corrected chi connectivity index (χ2v) is 7.04. The van der Waals surface area contributed by atoms with Crippen LogP contribution in [-0.4, -0.2) is 64.2 Å². The molecule has 0 aromatic heterocycles. The van der Waals surface area contributed by atoms with Crippen LogP contribution in [0.4, 0.5) is 0 Å². The molecule has 0 aliphatic carbocycles. The Labute approximate surface area is 130 Å². The van der Waals surface area contributed by atoms with Crippen molar-refractivity contribution in [2.75, 3.05) is 45.6 Å². The van der Waals surface area contributed by atoms with Crippen molar-refractivity contribution < 1.29 is 17.9 Å². The van der Waals surface area contributed by atoms with Gasteiger partial charge in [0.2, 0.25) is 10.0 Å². The number of nitrogens with zero attached hydrogens (tertiary/aromatic N) is 1. The van der Waals surface area contributed by atoms with Crippen LogP contribution >= 0.6 is 0 Å². The first-order valence-electron chi connectivity index (χ1n) is 7.14. The van der Waals surface area contributed by atoms with E-state index in [0.717, 1.165) is 0 Å². The normalized spacial score (nSPS) is 16.2. The first kappa shape index (κ1) is 16.7. The van der Waals surface area contributed by atoms with Crippen molar-refractivity contribution in [3.8, 4) is 5.75 Å². The minimum absolute atomic E-state index is 0.0856. The van der Waals surface area contributed by atoms with E-state index < -0.39 is 10.0 Å². The summed E-state index contributed by atoms with van der Waals surface area (Å²) >= 11 is 0. The van der Waals surface area contributed by atoms with Gasteiger partial charge in [0.05, 0.1) is 12.9 Å². The summed E-state index contributed by atoms with van der Waals surface area (Å²) in [6, 6.07) is 6.72. The lowest BCUT2D eigenvalue weighted by Crippen LogP contribution is -2.48. The van der Waals surface area contributed by atoms with Gasteiger partial charge in [-0.05, 0) is 18.2 Å². The van der Waals surface area contributed by atoms with Crippen molar-refractivity contribution in [3.05, 3.63) is 29.8 Å². The summed E-state index contributed by atoms with van der Waals surface area (Å²) in [6.07, 6.45) is 0. The molecule has 0 bridgehead atoms. The van der Waals surface area contributed by atoms with E-state index in [1.807, 2.05) is 0 Å². The van der Waals surface area contributed by atoms with Gasteiger partial charge in [0, 0.05) is 38.3 Å². The molecule has 1 aromatic carbocycles. The van der Waals surface area contributed by atoms with Gasteiger partial charge in [0.25, 0.3) is 5.91 Å². The smallest absolute Gasteiger partial charge is 0.251 e. The topological polar surface area (TPSA) is 87.7 Å². The monoisotopic (exact) mass is 327 g/mol. The van der Waals surface area contributed by atoms with Gasteiger partial charge in [-0.2, -0.15) is 4.31 Å². The molecule has 0 atom stereocenters. The lowest BCUT2D eigenvalue weighted by molar-refractivity contribution is 0.0955. The van der Waals surface area contributed by atoms with Gasteiger partial charge < -0.3 is 15.4 Å². The quantitative estimate of drug-likeness (QED) is 0.746. The van der Waals surface area contributed by atoms with Crippen molar-refractivity contribution in [3.63, 3.8) is 0 Å². The molecule has 1 amide bonds. The molecule has 122 valence electrons. The Kier molecular flexibility index (Phi) is 5.76. The average molecular weight is 327 g/mol. The molecule has 2 rings (SSSR count). The molecular weight excluding hydrogens is 306 g/mol. The van der Waals surface area contributed by atoms with Crippen molar-refractivity contribution in [1.82, 2.24) is 14.9 Å². The van der Waals surface area contributed by atoms with Crippen molar-refractivity contribution in [2.45, 2.75) is 0 Å². The van der Waals surface area contributed by atoms with Gasteiger partial charge in [-0.25, -0.2) is 8.42 Å². The van der Waals surface area contributed by atoms with Gasteiger partial charge >= 0.3 is 0 Å². The number of amides is 1. The Morgan fingerprint density at radius 2 is 2.09 bits per heavy atom. The number of hydrogen-bond donors (Lipinski definition) is 2. The van der Waals surface area contributed by atoms with E-state index in [1.165, 1.54) is 11.4 Å². The number of carbonyl (C=O) groups excluding carboxylic acids is 1. The number of hydrogen-bond acceptors (Lipinski definition) is 5. The Hall–Kier alpha value is -1.64. The number of methoxy groups -OCH3 is 1. The number of piperazine rings is 1. The maximum absolute atomic E-state index is 12.1. The van der Waals surface area contributed by atoms with Crippen LogP contribution in [0.1, 0.15) is 10.4 Å². The predicted molar refractivity (Wildman–Crippen MR) is 83.6 cm³/mol. The SMILES string of the molecule is COc1cccc(C(=O)NCCS(=O)(=O)N2CCNCC2)c1. The lowest BCUT2D eigenvalue weighted by Gasteiger charge is -2.26. The fraction of sp³-hybridized carbons (Fsp3) is 0.500. The second-order valence-electron chi connectivity index (χ2n) is 4.95. The Balaban J connectivity index is 1.85. The molecule has 1 fully saturated rings. The molecule has 0 unspecified atom stereocenters. The van der Waals surface area contributed by atoms with Crippen LogP contribution in [0.2, 0.25) is 0 Å². The summed E-state index contributed by atoms with van der Waals surface area (Å²) in [5.41, 5.74) is 0.443. The molecule has 8 heteroatoms. The molecule has 1 aliphatic rings. The zero-order valence-corrected chi connectivity index (χ0v) is 13.4. The molecule has 1 heterocycles. The van der Waals surface area contributed by atoms with E-state index >= 15 is 0 Å². The highest BCUT2D eigenvalue weighted by atomic mass is 32.2. The summed E-state index contributed by atoms with van der Waals surface area (Å²) in [6.45, 7) is 2.37. The van der Waals surface area contributed by atoms with Gasteiger partial charge in [-0.1, -0.05) is 6.07 Å². The Morgan fingerprint density at radius 3 is 2.77 bits per heavy atom. The number of sulfonamides is 1. The zero-order chi connectivity index (χ0) is 16.0. The fourth-order valence-corrected chi connectivity index (χ4v) is 3.57. The maximum Gasteiger partial charge on any atom is 0.251 e. The van der Waals surface area contributed by atoms with E-state index in [0.29, 0.717) is 37.5 Å². The van der Waals surface area contributed by atoms with Crippen molar-refractivity contribution in [1.29, 1.82) is 0 Å². The van der Waals surface area contributed by atoms with Crippen LogP contribution in [0.15, 0.2) is 24.3 Å². The van der Waals surface area contributed by atoms with Gasteiger partial charge in [-0.3, -0.25) is 4.79 Å². The van der Waals surface area contributed by atoms with E-state index in [1.54, 1.807) is 24.3 Å². The fourth-order valence-electron chi connectivity index (χ4n) is 2.21. The molecule has 2 N–H and O–H groups in total. The van der Waals surface area contributed by atoms with E-state index in [9.17, 15) is 13.2 Å². The molecule has 0 radical (unpaired) electrons. The number of nitrogens with one attached hydrogen (secondary N) is 2. The lowest BCUT2D eigenvalue weighted by atomic mass is 10.2. The van der Waals surface area contributed by atoms with E-state index in [4.69, 9.17) is 4.74 Å². The molecule has 22 heavy (non-hydrogen) atoms. The van der Waals surface area contributed by atoms with Crippen LogP contribution in [0.5, 0.6) is 5.75 Å². The molecule has 0 spiro atoms. The first-order chi connectivity index (χ1) is 10.5. The number of ether oxygens (including phenoxy) is 1. The number of carbonyl (C=O) groups is 1. The average Bonchev–Trinajstić information content (AvgIpc) is 2.55. The van der Waals surface area contributed by atoms with Gasteiger partial charge in [0.15, 0.2) is 0 Å². The molecule has 1 saturated heterocycles. The summed E-state index contributed by atoms with van der Waals surface area (Å²) < 4.78 is 30.8. The molecule has 1 aliphatic heterocycles. The first-order valence-corrected chi connectivity index (χ1v) is 8.74. The third kappa shape index (κ3) is 4.43. The zero-order valence-electron chi connectivity index (χ0n) is 12.5. The second kappa shape index (κ2) is 7.57. The summed E-state index contributed by atoms with van der Waals surface area (Å²) in [4.78, 5) is 12.0. The van der Waals surface area contributed by atoms with Crippen LogP contribution in [0, 0.1) is 0 Å². The highest BCUT2D eigenvalue weighted by Crippen LogP contribution is 2.12. The molecule has 1 aromatic rings. The van der Waals surface area contributed by atoms with Crippen molar-refractivity contribution >= 4 is 15.9 Å². The Morgan fingerprint density at radius 1 is 1.36 bits per heavy atom. The van der Waals surface area contributed by atoms with Crippen LogP contribution < -0.4 is 15.4 Å². The van der Waals surface area contributed by atoms with E-state index in [2.05, 4.69) is 10.6 Å². The maximum atomic E-state index is 12.1. The van der Waals surface area contributed by atoms with Gasteiger partial charge in [0.1, 0.15) is 5.75 Å². The summed E-state index contributed by atoms with van der Waals surface area (Å²) in [5.74, 6) is 0.179.